The Kier molecular flexibility index (Phi) is 7.61. The molecule has 2 aromatic carbocycles. The number of benzene rings is 2. The number of anilines is 1. The van der Waals surface area contributed by atoms with Crippen LogP contribution in [0.25, 0.3) is 0 Å². The first-order valence-corrected chi connectivity index (χ1v) is 10.2. The fourth-order valence-corrected chi connectivity index (χ4v) is 3.81. The molecule has 1 aliphatic rings. The van der Waals surface area contributed by atoms with E-state index in [9.17, 15) is 18.0 Å². The Hall–Kier alpha value is -2.25. The van der Waals surface area contributed by atoms with Gasteiger partial charge in [-0.3, -0.25) is 10.2 Å². The largest absolute Gasteiger partial charge is 0.435 e. The lowest BCUT2D eigenvalue weighted by atomic mass is 9.91. The van der Waals surface area contributed by atoms with E-state index in [2.05, 4.69) is 5.32 Å². The predicted octanol–water partition coefficient (Wildman–Crippen LogP) is 5.77. The Labute approximate surface area is 179 Å². The van der Waals surface area contributed by atoms with Crippen LogP contribution < -0.4 is 5.32 Å². The second kappa shape index (κ2) is 10.2. The minimum absolute atomic E-state index is 0.276. The van der Waals surface area contributed by atoms with Crippen molar-refractivity contribution in [2.75, 3.05) is 25.0 Å². The number of amides is 1. The fraction of sp³-hybridized carbons (Fsp3) is 0.409. The van der Waals surface area contributed by atoms with Crippen molar-refractivity contribution in [3.05, 3.63) is 65.2 Å². The third kappa shape index (κ3) is 6.92. The Morgan fingerprint density at radius 3 is 2.53 bits per heavy atom. The van der Waals surface area contributed by atoms with E-state index < -0.39 is 18.4 Å². The van der Waals surface area contributed by atoms with Gasteiger partial charge in [0.25, 0.3) is 0 Å². The number of hydrogen-bond donors (Lipinski definition) is 1. The normalized spacial score (nSPS) is 18.6. The number of rotatable bonds is 6. The van der Waals surface area contributed by atoms with Crippen molar-refractivity contribution in [1.82, 2.24) is 4.90 Å². The van der Waals surface area contributed by atoms with Gasteiger partial charge in [-0.05, 0) is 61.6 Å². The van der Waals surface area contributed by atoms with Crippen LogP contribution in [0.2, 0.25) is 5.02 Å². The summed E-state index contributed by atoms with van der Waals surface area (Å²) >= 11 is 5.77. The Morgan fingerprint density at radius 2 is 1.87 bits per heavy atom. The highest BCUT2D eigenvalue weighted by molar-refractivity contribution is 6.30. The highest BCUT2D eigenvalue weighted by atomic mass is 35.5. The van der Waals surface area contributed by atoms with Crippen LogP contribution in [0, 0.1) is 5.92 Å². The van der Waals surface area contributed by atoms with Crippen LogP contribution in [0.1, 0.15) is 18.4 Å². The van der Waals surface area contributed by atoms with E-state index >= 15 is 0 Å². The molecule has 0 saturated carbocycles. The molecule has 1 N–H and O–H groups in total. The monoisotopic (exact) mass is 440 g/mol. The summed E-state index contributed by atoms with van der Waals surface area (Å²) < 4.78 is 45.3. The second-order valence-corrected chi connectivity index (χ2v) is 7.96. The zero-order valence-corrected chi connectivity index (χ0v) is 17.1. The van der Waals surface area contributed by atoms with Crippen LogP contribution in [-0.4, -0.2) is 42.9 Å². The molecule has 2 aromatic rings. The maximum atomic E-state index is 13.5. The summed E-state index contributed by atoms with van der Waals surface area (Å²) in [6.45, 7) is 0.729. The highest BCUT2D eigenvalue weighted by Gasteiger charge is 2.44. The Morgan fingerprint density at radius 1 is 1.17 bits per heavy atom. The van der Waals surface area contributed by atoms with Crippen molar-refractivity contribution < 1.29 is 22.7 Å². The van der Waals surface area contributed by atoms with Gasteiger partial charge < -0.3 is 4.74 Å². The zero-order valence-electron chi connectivity index (χ0n) is 16.4. The number of alkyl halides is 3. The summed E-state index contributed by atoms with van der Waals surface area (Å²) in [6, 6.07) is 16.0. The number of hydrogen-bond acceptors (Lipinski definition) is 3. The Balaban J connectivity index is 1.57. The van der Waals surface area contributed by atoms with E-state index in [0.717, 1.165) is 19.3 Å². The van der Waals surface area contributed by atoms with Gasteiger partial charge in [-0.25, -0.2) is 4.79 Å². The first-order valence-electron chi connectivity index (χ1n) is 9.86. The second-order valence-electron chi connectivity index (χ2n) is 7.53. The van der Waals surface area contributed by atoms with Crippen LogP contribution in [0.3, 0.4) is 0 Å². The molecule has 30 heavy (non-hydrogen) atoms. The molecule has 0 aromatic heterocycles. The van der Waals surface area contributed by atoms with E-state index in [1.165, 1.54) is 29.8 Å². The van der Waals surface area contributed by atoms with Crippen molar-refractivity contribution in [1.29, 1.82) is 0 Å². The van der Waals surface area contributed by atoms with Crippen molar-refractivity contribution in [3.8, 4) is 0 Å². The summed E-state index contributed by atoms with van der Waals surface area (Å²) in [7, 11) is 0. The highest BCUT2D eigenvalue weighted by Crippen LogP contribution is 2.27. The topological polar surface area (TPSA) is 41.6 Å². The molecule has 1 aliphatic heterocycles. The molecule has 3 rings (SSSR count). The molecule has 1 heterocycles. The molecular weight excluding hydrogens is 417 g/mol. The molecular formula is C22H24ClF3N2O2. The number of nitrogens with one attached hydrogen (secondary N) is 1. The van der Waals surface area contributed by atoms with Crippen LogP contribution in [0.15, 0.2) is 54.6 Å². The maximum absolute atomic E-state index is 13.5. The molecule has 1 saturated heterocycles. The molecule has 4 nitrogen and oxygen atoms in total. The molecule has 1 amide bonds. The van der Waals surface area contributed by atoms with Crippen molar-refractivity contribution in [2.24, 2.45) is 5.92 Å². The standard InChI is InChI=1S/C22H24ClF3N2O2/c23-18-8-10-19(11-9-18)27-21(29)30-20(22(24,25)26)15-28-12-4-7-17(14-28)13-16-5-2-1-3-6-16/h1-3,5-6,8-11,17,20H,4,7,12-15H2,(H,27,29). The minimum atomic E-state index is -4.65. The van der Waals surface area contributed by atoms with Gasteiger partial charge in [-0.15, -0.1) is 0 Å². The van der Waals surface area contributed by atoms with Gasteiger partial charge in [0.05, 0.1) is 0 Å². The molecule has 1 fully saturated rings. The van der Waals surface area contributed by atoms with Gasteiger partial charge in [0.2, 0.25) is 6.10 Å². The van der Waals surface area contributed by atoms with Gasteiger partial charge in [0.15, 0.2) is 0 Å². The summed E-state index contributed by atoms with van der Waals surface area (Å²) in [5, 5.41) is 2.77. The van der Waals surface area contributed by atoms with Gasteiger partial charge in [0, 0.05) is 23.8 Å². The van der Waals surface area contributed by atoms with Gasteiger partial charge in [0.1, 0.15) is 0 Å². The number of nitrogens with zero attached hydrogens (tertiary/aromatic N) is 1. The van der Waals surface area contributed by atoms with E-state index in [4.69, 9.17) is 16.3 Å². The lowest BCUT2D eigenvalue weighted by molar-refractivity contribution is -0.207. The number of piperidine rings is 1. The van der Waals surface area contributed by atoms with Crippen LogP contribution in [-0.2, 0) is 11.2 Å². The van der Waals surface area contributed by atoms with E-state index in [1.807, 2.05) is 30.3 Å². The number of halogens is 4. The summed E-state index contributed by atoms with van der Waals surface area (Å²) in [4.78, 5) is 13.8. The first kappa shape index (κ1) is 22.4. The Bertz CT molecular complexity index is 815. The van der Waals surface area contributed by atoms with Crippen molar-refractivity contribution >= 4 is 23.4 Å². The zero-order chi connectivity index (χ0) is 21.6. The lowest BCUT2D eigenvalue weighted by Crippen LogP contribution is -2.47. The fourth-order valence-electron chi connectivity index (χ4n) is 3.68. The smallest absolute Gasteiger partial charge is 0.426 e. The van der Waals surface area contributed by atoms with E-state index in [1.54, 1.807) is 4.90 Å². The third-order valence-electron chi connectivity index (χ3n) is 5.10. The van der Waals surface area contributed by atoms with E-state index in [-0.39, 0.29) is 12.5 Å². The first-order chi connectivity index (χ1) is 14.3. The van der Waals surface area contributed by atoms with Crippen LogP contribution in [0.5, 0.6) is 0 Å². The summed E-state index contributed by atoms with van der Waals surface area (Å²) in [5.74, 6) is 0.276. The molecule has 162 valence electrons. The lowest BCUT2D eigenvalue weighted by Gasteiger charge is -2.35. The quantitative estimate of drug-likeness (QED) is 0.619. The third-order valence-corrected chi connectivity index (χ3v) is 5.35. The number of carbonyl (C=O) groups excluding carboxylic acids is 1. The minimum Gasteiger partial charge on any atom is -0.435 e. The van der Waals surface area contributed by atoms with Crippen LogP contribution in [0.4, 0.5) is 23.7 Å². The maximum Gasteiger partial charge on any atom is 0.426 e. The number of ether oxygens (including phenoxy) is 1. The predicted molar refractivity (Wildman–Crippen MR) is 111 cm³/mol. The van der Waals surface area contributed by atoms with Gasteiger partial charge in [-0.1, -0.05) is 41.9 Å². The van der Waals surface area contributed by atoms with Gasteiger partial charge >= 0.3 is 12.3 Å². The summed E-state index contributed by atoms with van der Waals surface area (Å²) in [6.07, 6.45) is -5.37. The number of carbonyl (C=O) groups is 1. The molecule has 0 bridgehead atoms. The van der Waals surface area contributed by atoms with Crippen molar-refractivity contribution in [3.63, 3.8) is 0 Å². The summed E-state index contributed by atoms with van der Waals surface area (Å²) in [5.41, 5.74) is 1.49. The van der Waals surface area contributed by atoms with Crippen LogP contribution >= 0.6 is 11.6 Å². The van der Waals surface area contributed by atoms with E-state index in [0.29, 0.717) is 23.8 Å². The van der Waals surface area contributed by atoms with Crippen molar-refractivity contribution in [2.45, 2.75) is 31.5 Å². The number of likely N-dealkylation sites (tertiary alicyclic amines) is 1. The molecule has 0 radical (unpaired) electrons. The molecule has 2 atom stereocenters. The average molecular weight is 441 g/mol. The SMILES string of the molecule is O=C(Nc1ccc(Cl)cc1)OC(CN1CCCC(Cc2ccccc2)C1)C(F)(F)F. The molecule has 8 heteroatoms. The van der Waals surface area contributed by atoms with Gasteiger partial charge in [-0.2, -0.15) is 13.2 Å². The average Bonchev–Trinajstić information content (AvgIpc) is 2.70. The molecule has 2 unspecified atom stereocenters. The molecule has 0 aliphatic carbocycles. The molecule has 0 spiro atoms.